The molecular formula is C22H30N2O4S. The summed E-state index contributed by atoms with van der Waals surface area (Å²) < 4.78 is 177. The number of nitrogens with zero attached hydrogens (tertiary/aromatic N) is 1. The fourth-order valence-corrected chi connectivity index (χ4v) is 2.89. The third kappa shape index (κ3) is 6.30. The lowest BCUT2D eigenvalue weighted by Crippen LogP contribution is -2.27. The van der Waals surface area contributed by atoms with Crippen LogP contribution in [-0.4, -0.2) is 27.2 Å². The highest BCUT2D eigenvalue weighted by atomic mass is 32.2. The molecule has 0 saturated heterocycles. The van der Waals surface area contributed by atoms with Crippen molar-refractivity contribution in [3.05, 3.63) is 48.0 Å². The Hall–Kier alpha value is -2.38. The summed E-state index contributed by atoms with van der Waals surface area (Å²) in [4.78, 5) is 10.6. The first-order valence-electron chi connectivity index (χ1n) is 16.9. The van der Waals surface area contributed by atoms with Crippen molar-refractivity contribution in [1.29, 1.82) is 0 Å². The first kappa shape index (κ1) is 8.40. The van der Waals surface area contributed by atoms with Crippen LogP contribution in [0, 0.1) is 0 Å². The molecule has 158 valence electrons. The fraction of sp³-hybridized carbons (Fsp3) is 0.409. The molecule has 0 spiro atoms. The van der Waals surface area contributed by atoms with Gasteiger partial charge in [0, 0.05) is 43.2 Å². The van der Waals surface area contributed by atoms with E-state index in [4.69, 9.17) is 34.5 Å². The second-order valence-electron chi connectivity index (χ2n) is 5.40. The van der Waals surface area contributed by atoms with Gasteiger partial charge in [-0.25, -0.2) is 13.6 Å². The van der Waals surface area contributed by atoms with E-state index in [9.17, 15) is 13.2 Å². The van der Waals surface area contributed by atoms with Gasteiger partial charge in [0.2, 0.25) is 10.0 Å². The summed E-state index contributed by atoms with van der Waals surface area (Å²) in [5.41, 5.74) is -2.16. The zero-order valence-corrected chi connectivity index (χ0v) is 15.9. The Kier molecular flexibility index (Phi) is 3.01. The largest absolute Gasteiger partial charge is 0.454 e. The Morgan fingerprint density at radius 1 is 1.14 bits per heavy atom. The van der Waals surface area contributed by atoms with Crippen molar-refractivity contribution in [2.24, 2.45) is 5.14 Å². The molecular weight excluding hydrogens is 388 g/mol. The average molecular weight is 437 g/mol. The molecule has 0 heterocycles. The minimum Gasteiger partial charge on any atom is -0.454 e. The van der Waals surface area contributed by atoms with Gasteiger partial charge in [-0.2, -0.15) is 0 Å². The lowest BCUT2D eigenvalue weighted by Gasteiger charge is -2.28. The predicted octanol–water partition coefficient (Wildman–Crippen LogP) is 4.74. The first-order chi connectivity index (χ1) is 20.6. The molecule has 0 aliphatic carbocycles. The smallest absolute Gasteiger partial charge is 0.241 e. The number of carbonyl (C=O) groups excluding carboxylic acids is 1. The van der Waals surface area contributed by atoms with Gasteiger partial charge in [0.25, 0.3) is 0 Å². The van der Waals surface area contributed by atoms with E-state index in [2.05, 4.69) is 0 Å². The summed E-state index contributed by atoms with van der Waals surface area (Å²) in [6.45, 7) is -16.2. The number of sulfonamides is 1. The Balaban J connectivity index is 3.38. The maximum absolute atomic E-state index is 12.8. The second kappa shape index (κ2) is 10.4. The lowest BCUT2D eigenvalue weighted by atomic mass is 10.1. The summed E-state index contributed by atoms with van der Waals surface area (Å²) in [6, 6.07) is 7.58. The summed E-state index contributed by atoms with van der Waals surface area (Å²) in [5.74, 6) is -2.55. The Bertz CT molecular complexity index is 1560. The van der Waals surface area contributed by atoms with Crippen molar-refractivity contribution in [3.8, 4) is 11.5 Å². The van der Waals surface area contributed by atoms with Gasteiger partial charge < -0.3 is 9.64 Å². The van der Waals surface area contributed by atoms with Crippen molar-refractivity contribution in [2.45, 2.75) is 51.0 Å². The summed E-state index contributed by atoms with van der Waals surface area (Å²) in [6.07, 6.45) is -17.5. The number of hydrogen-bond acceptors (Lipinski definition) is 5. The van der Waals surface area contributed by atoms with Gasteiger partial charge in [0.05, 0.1) is 5.69 Å². The van der Waals surface area contributed by atoms with Crippen LogP contribution >= 0.6 is 0 Å². The predicted molar refractivity (Wildman–Crippen MR) is 116 cm³/mol. The molecule has 0 radical (unpaired) electrons. The van der Waals surface area contributed by atoms with E-state index < -0.39 is 94.8 Å². The number of rotatable bonds is 11. The van der Waals surface area contributed by atoms with E-state index in [0.29, 0.717) is 12.1 Å². The van der Waals surface area contributed by atoms with Gasteiger partial charge in [0.15, 0.2) is 11.5 Å². The molecule has 6 nitrogen and oxygen atoms in total. The van der Waals surface area contributed by atoms with E-state index in [1.54, 1.807) is 0 Å². The van der Waals surface area contributed by atoms with Crippen LogP contribution in [0.4, 0.5) is 5.69 Å². The maximum Gasteiger partial charge on any atom is 0.241 e. The summed E-state index contributed by atoms with van der Waals surface area (Å²) in [5, 5.41) is 5.35. The van der Waals surface area contributed by atoms with Gasteiger partial charge in [-0.15, -0.1) is 0 Å². The molecule has 0 saturated carbocycles. The number of hydrogen-bond donors (Lipinski definition) is 1. The van der Waals surface area contributed by atoms with Gasteiger partial charge in [-0.1, -0.05) is 44.6 Å². The Morgan fingerprint density at radius 3 is 2.28 bits per heavy atom. The molecule has 7 heteroatoms. The molecule has 2 N–H and O–H groups in total. The third-order valence-corrected chi connectivity index (χ3v) is 4.33. The fourth-order valence-electron chi connectivity index (χ4n) is 2.19. The minimum atomic E-state index is -5.10. The average Bonchev–Trinajstić information content (AvgIpc) is 2.87. The van der Waals surface area contributed by atoms with Crippen LogP contribution in [0.2, 0.25) is 0 Å². The van der Waals surface area contributed by atoms with Crippen LogP contribution in [-0.2, 0) is 10.0 Å². The minimum absolute atomic E-state index is 0.294. The number of primary sulfonamides is 1. The normalized spacial score (nSPS) is 24.3. The zero-order valence-electron chi connectivity index (χ0n) is 33.1. The third-order valence-electron chi connectivity index (χ3n) is 3.41. The van der Waals surface area contributed by atoms with Crippen LogP contribution in [0.15, 0.2) is 47.4 Å². The number of anilines is 1. The number of nitrogens with two attached hydrogens (primary N) is 1. The molecule has 2 rings (SSSR count). The van der Waals surface area contributed by atoms with Crippen molar-refractivity contribution in [1.82, 2.24) is 0 Å². The molecule has 2 aromatic rings. The number of para-hydroxylation sites is 1. The zero-order chi connectivity index (χ0) is 37.2. The second-order valence-corrected chi connectivity index (χ2v) is 6.93. The molecule has 0 amide bonds. The first-order valence-corrected chi connectivity index (χ1v) is 9.42. The molecule has 0 aromatic heterocycles. The van der Waals surface area contributed by atoms with E-state index in [-0.39, 0.29) is 5.75 Å². The summed E-state index contributed by atoms with van der Waals surface area (Å²) in [7, 11) is -5.10. The van der Waals surface area contributed by atoms with Crippen LogP contribution in [0.1, 0.15) is 81.2 Å². The van der Waals surface area contributed by atoms with Crippen molar-refractivity contribution in [3.63, 3.8) is 0 Å². The quantitative estimate of drug-likeness (QED) is 0.514. The molecule has 0 fully saturated rings. The molecule has 2 aromatic carbocycles. The van der Waals surface area contributed by atoms with E-state index in [0.717, 1.165) is 6.92 Å². The molecule has 0 aliphatic heterocycles. The van der Waals surface area contributed by atoms with E-state index >= 15 is 0 Å². The van der Waals surface area contributed by atoms with Gasteiger partial charge >= 0.3 is 0 Å². The Labute approximate surface area is 199 Å². The SMILES string of the molecule is [2H]C([2H])([2H])C([2H])([2H])C([2H])([2H])C([2H])([2H])N(c1cc(C(C)=O)cc(S(N)(=O)=O)c1Oc1ccccc1)C([2H])([2H])C([2H])([2H])C([2H])([2H])C([2H])([2H])[2H]. The number of ether oxygens (including phenoxy) is 1. The number of carbonyl (C=O) groups is 1. The molecule has 0 bridgehead atoms. The molecule has 0 aliphatic rings. The standard InChI is InChI=1S/C22H30N2O4S/c1-4-6-13-24(14-7-5-2)20-15-18(17(3)25)16-21(29(23,26)27)22(20)28-19-11-9-8-10-12-19/h8-12,15-16H,4-7,13-14H2,1-3H3,(H2,23,26,27)/i1D3,2D3,4D2,5D2,6D2,7D2,13D2,14D2. The van der Waals surface area contributed by atoms with Gasteiger partial charge in [-0.05, 0) is 43.9 Å². The molecule has 0 unspecified atom stereocenters. The highest BCUT2D eigenvalue weighted by Gasteiger charge is 2.25. The van der Waals surface area contributed by atoms with Crippen LogP contribution < -0.4 is 14.8 Å². The topological polar surface area (TPSA) is 89.7 Å². The molecule has 0 atom stereocenters. The molecule has 29 heavy (non-hydrogen) atoms. The van der Waals surface area contributed by atoms with E-state index in [1.165, 1.54) is 30.3 Å². The summed E-state index contributed by atoms with van der Waals surface area (Å²) >= 11 is 0. The monoisotopic (exact) mass is 436 g/mol. The van der Waals surface area contributed by atoms with E-state index in [1.807, 2.05) is 0 Å². The highest BCUT2D eigenvalue weighted by Crippen LogP contribution is 2.39. The van der Waals surface area contributed by atoms with Crippen LogP contribution in [0.25, 0.3) is 0 Å². The van der Waals surface area contributed by atoms with Crippen molar-refractivity contribution < 1.29 is 42.6 Å². The maximum atomic E-state index is 12.8. The van der Waals surface area contributed by atoms with Gasteiger partial charge in [0.1, 0.15) is 10.6 Å². The van der Waals surface area contributed by atoms with Gasteiger partial charge in [-0.3, -0.25) is 4.79 Å². The number of ketones is 1. The Morgan fingerprint density at radius 2 is 1.76 bits per heavy atom. The van der Waals surface area contributed by atoms with Crippen LogP contribution in [0.3, 0.4) is 0 Å². The highest BCUT2D eigenvalue weighted by molar-refractivity contribution is 7.89. The lowest BCUT2D eigenvalue weighted by molar-refractivity contribution is 0.101. The number of benzene rings is 2. The number of Topliss-reactive ketones (excluding diaryl/α,β-unsaturated/α-hetero) is 1. The van der Waals surface area contributed by atoms with Crippen molar-refractivity contribution in [2.75, 3.05) is 17.9 Å². The van der Waals surface area contributed by atoms with Crippen molar-refractivity contribution >= 4 is 21.5 Å². The van der Waals surface area contributed by atoms with Crippen LogP contribution in [0.5, 0.6) is 11.5 Å².